The Hall–Kier alpha value is -0.460. The molecule has 2 aliphatic rings. The Morgan fingerprint density at radius 3 is 2.55 bits per heavy atom. The topological polar surface area (TPSA) is 89.3 Å². The Labute approximate surface area is 121 Å². The minimum Gasteiger partial charge on any atom is -0.330 e. The van der Waals surface area contributed by atoms with Crippen LogP contribution in [0.4, 0.5) is 0 Å². The van der Waals surface area contributed by atoms with Crippen LogP contribution in [0.25, 0.3) is 0 Å². The molecule has 0 aromatic rings. The second-order valence-corrected chi connectivity index (χ2v) is 8.62. The van der Waals surface area contributed by atoms with Crippen LogP contribution < -0.4 is 10.5 Å². The van der Waals surface area contributed by atoms with Crippen LogP contribution in [0.2, 0.25) is 0 Å². The van der Waals surface area contributed by atoms with E-state index < -0.39 is 15.4 Å². The number of nitrogens with two attached hydrogens (primary N) is 1. The maximum absolute atomic E-state index is 12.3. The van der Waals surface area contributed by atoms with Crippen molar-refractivity contribution >= 4 is 15.8 Å². The van der Waals surface area contributed by atoms with Crippen molar-refractivity contribution in [2.24, 2.45) is 22.5 Å². The Balaban J connectivity index is 2.06. The first-order chi connectivity index (χ1) is 9.25. The molecular formula is C14H26N2O3S. The predicted octanol–water partition coefficient (Wildman–Crippen LogP) is 1.04. The second-order valence-electron chi connectivity index (χ2n) is 6.82. The highest BCUT2D eigenvalue weighted by Gasteiger charge is 2.65. The van der Waals surface area contributed by atoms with Gasteiger partial charge >= 0.3 is 0 Å². The molecule has 0 spiro atoms. The van der Waals surface area contributed by atoms with E-state index in [1.165, 1.54) is 0 Å². The number of carbonyl (C=O) groups excluding carboxylic acids is 1. The number of nitrogens with one attached hydrogen (secondary N) is 1. The average Bonchev–Trinajstić information content (AvgIpc) is 2.68. The highest BCUT2D eigenvalue weighted by atomic mass is 32.2. The number of sulfonamides is 1. The molecule has 2 bridgehead atoms. The standard InChI is InChI=1S/C14H26N2O3S/c1-13(2)11-5-6-14(13,12(17)9-11)10-20(18,19)16-8-4-3-7-15/h11,16H,3-10,15H2,1-2H3. The summed E-state index contributed by atoms with van der Waals surface area (Å²) in [6.07, 6.45) is 3.78. The Morgan fingerprint density at radius 2 is 2.05 bits per heavy atom. The average molecular weight is 302 g/mol. The number of fused-ring (bicyclic) bond motifs is 2. The van der Waals surface area contributed by atoms with Crippen LogP contribution >= 0.6 is 0 Å². The number of hydrogen-bond donors (Lipinski definition) is 2. The van der Waals surface area contributed by atoms with Gasteiger partial charge in [-0.25, -0.2) is 13.1 Å². The van der Waals surface area contributed by atoms with E-state index in [1.807, 2.05) is 0 Å². The first kappa shape index (κ1) is 15.9. The molecule has 0 aromatic carbocycles. The van der Waals surface area contributed by atoms with Crippen molar-refractivity contribution < 1.29 is 13.2 Å². The van der Waals surface area contributed by atoms with Crippen molar-refractivity contribution in [2.75, 3.05) is 18.8 Å². The van der Waals surface area contributed by atoms with Gasteiger partial charge in [-0.2, -0.15) is 0 Å². The van der Waals surface area contributed by atoms with E-state index in [2.05, 4.69) is 18.6 Å². The first-order valence-electron chi connectivity index (χ1n) is 7.46. The summed E-state index contributed by atoms with van der Waals surface area (Å²) in [6, 6.07) is 0. The molecule has 6 heteroatoms. The monoisotopic (exact) mass is 302 g/mol. The summed E-state index contributed by atoms with van der Waals surface area (Å²) in [5.41, 5.74) is 4.52. The van der Waals surface area contributed by atoms with Crippen molar-refractivity contribution in [1.82, 2.24) is 4.72 Å². The van der Waals surface area contributed by atoms with Gasteiger partial charge in [0, 0.05) is 18.4 Å². The van der Waals surface area contributed by atoms with Crippen LogP contribution in [0.3, 0.4) is 0 Å². The molecule has 3 N–H and O–H groups in total. The summed E-state index contributed by atoms with van der Waals surface area (Å²) in [5.74, 6) is 0.443. The van der Waals surface area contributed by atoms with Gasteiger partial charge in [-0.3, -0.25) is 4.79 Å². The lowest BCUT2D eigenvalue weighted by molar-refractivity contribution is -0.128. The number of Topliss-reactive ketones (excluding diaryl/α,β-unsaturated/α-hetero) is 1. The molecule has 2 saturated carbocycles. The fourth-order valence-corrected chi connectivity index (χ4v) is 5.86. The van der Waals surface area contributed by atoms with Gasteiger partial charge < -0.3 is 5.73 Å². The lowest BCUT2D eigenvalue weighted by Crippen LogP contribution is -2.45. The van der Waals surface area contributed by atoms with E-state index >= 15 is 0 Å². The third-order valence-corrected chi connectivity index (χ3v) is 7.05. The lowest BCUT2D eigenvalue weighted by atomic mass is 9.70. The van der Waals surface area contributed by atoms with Crippen molar-refractivity contribution in [3.05, 3.63) is 0 Å². The highest BCUT2D eigenvalue weighted by molar-refractivity contribution is 7.89. The largest absolute Gasteiger partial charge is 0.330 e. The molecule has 0 aliphatic heterocycles. The fraction of sp³-hybridized carbons (Fsp3) is 0.929. The van der Waals surface area contributed by atoms with E-state index in [-0.39, 0.29) is 17.0 Å². The summed E-state index contributed by atoms with van der Waals surface area (Å²) in [5, 5.41) is 0. The molecule has 0 heterocycles. The summed E-state index contributed by atoms with van der Waals surface area (Å²) in [6.45, 7) is 5.09. The van der Waals surface area contributed by atoms with Gasteiger partial charge in [-0.15, -0.1) is 0 Å². The lowest BCUT2D eigenvalue weighted by Gasteiger charge is -2.36. The van der Waals surface area contributed by atoms with Gasteiger partial charge in [0.25, 0.3) is 0 Å². The van der Waals surface area contributed by atoms with Crippen molar-refractivity contribution in [1.29, 1.82) is 0 Å². The van der Waals surface area contributed by atoms with E-state index in [1.54, 1.807) is 0 Å². The molecule has 0 radical (unpaired) electrons. The van der Waals surface area contributed by atoms with Crippen molar-refractivity contribution in [2.45, 2.75) is 46.0 Å². The third-order valence-electron chi connectivity index (χ3n) is 5.53. The van der Waals surface area contributed by atoms with Crippen LogP contribution in [0.15, 0.2) is 0 Å². The molecule has 116 valence electrons. The molecular weight excluding hydrogens is 276 g/mol. The number of rotatable bonds is 7. The smallest absolute Gasteiger partial charge is 0.212 e. The van der Waals surface area contributed by atoms with E-state index in [4.69, 9.17) is 5.73 Å². The second kappa shape index (κ2) is 5.39. The first-order valence-corrected chi connectivity index (χ1v) is 9.11. The van der Waals surface area contributed by atoms with E-state index in [9.17, 15) is 13.2 Å². The van der Waals surface area contributed by atoms with Gasteiger partial charge in [0.15, 0.2) is 0 Å². The van der Waals surface area contributed by atoms with Gasteiger partial charge in [-0.1, -0.05) is 13.8 Å². The molecule has 2 aliphatic carbocycles. The minimum absolute atomic E-state index is 0.0506. The minimum atomic E-state index is -3.40. The molecule has 2 fully saturated rings. The van der Waals surface area contributed by atoms with E-state index in [0.29, 0.717) is 31.8 Å². The van der Waals surface area contributed by atoms with Crippen molar-refractivity contribution in [3.63, 3.8) is 0 Å². The summed E-state index contributed by atoms with van der Waals surface area (Å²) in [4.78, 5) is 12.3. The molecule has 2 unspecified atom stereocenters. The van der Waals surface area contributed by atoms with Crippen molar-refractivity contribution in [3.8, 4) is 0 Å². The van der Waals surface area contributed by atoms with Crippen LogP contribution in [-0.4, -0.2) is 33.0 Å². The molecule has 5 nitrogen and oxygen atoms in total. The van der Waals surface area contributed by atoms with Crippen LogP contribution in [0, 0.1) is 16.7 Å². The Bertz CT molecular complexity index is 487. The molecule has 0 aromatic heterocycles. The SMILES string of the molecule is CC1(C)C2CCC1(CS(=O)(=O)NCCCCN)C(=O)C2. The number of hydrogen-bond acceptors (Lipinski definition) is 4. The zero-order valence-corrected chi connectivity index (χ0v) is 13.3. The van der Waals surface area contributed by atoms with Gasteiger partial charge in [-0.05, 0) is 43.6 Å². The Kier molecular flexibility index (Phi) is 4.29. The third kappa shape index (κ3) is 2.53. The van der Waals surface area contributed by atoms with Crippen LogP contribution in [0.1, 0.15) is 46.0 Å². The zero-order chi connectivity index (χ0) is 15.0. The zero-order valence-electron chi connectivity index (χ0n) is 12.4. The maximum Gasteiger partial charge on any atom is 0.212 e. The normalized spacial score (nSPS) is 31.9. The molecule has 2 atom stereocenters. The Morgan fingerprint density at radius 1 is 1.35 bits per heavy atom. The number of unbranched alkanes of at least 4 members (excludes halogenated alkanes) is 1. The fourth-order valence-electron chi connectivity index (χ4n) is 3.98. The maximum atomic E-state index is 12.3. The quantitative estimate of drug-likeness (QED) is 0.688. The predicted molar refractivity (Wildman–Crippen MR) is 78.6 cm³/mol. The van der Waals surface area contributed by atoms with Gasteiger partial charge in [0.05, 0.1) is 5.75 Å². The summed E-state index contributed by atoms with van der Waals surface area (Å²) in [7, 11) is -3.40. The number of carbonyl (C=O) groups is 1. The number of ketones is 1. The summed E-state index contributed by atoms with van der Waals surface area (Å²) >= 11 is 0. The highest BCUT2D eigenvalue weighted by Crippen LogP contribution is 2.64. The van der Waals surface area contributed by atoms with Gasteiger partial charge in [0.1, 0.15) is 5.78 Å². The van der Waals surface area contributed by atoms with Crippen LogP contribution in [-0.2, 0) is 14.8 Å². The molecule has 0 amide bonds. The summed E-state index contributed by atoms with van der Waals surface area (Å²) < 4.78 is 27.2. The van der Waals surface area contributed by atoms with Gasteiger partial charge in [0.2, 0.25) is 10.0 Å². The van der Waals surface area contributed by atoms with Crippen LogP contribution in [0.5, 0.6) is 0 Å². The molecule has 0 saturated heterocycles. The van der Waals surface area contributed by atoms with E-state index in [0.717, 1.165) is 19.3 Å². The molecule has 20 heavy (non-hydrogen) atoms. The molecule has 2 rings (SSSR count).